The molecule has 0 saturated heterocycles. The number of hydrogen-bond acceptors (Lipinski definition) is 6. The van der Waals surface area contributed by atoms with E-state index in [1.807, 2.05) is 22.8 Å². The van der Waals surface area contributed by atoms with Crippen molar-refractivity contribution in [3.8, 4) is 16.8 Å². The van der Waals surface area contributed by atoms with Crippen LogP contribution in [-0.2, 0) is 0 Å². The number of aromatic nitrogens is 5. The summed E-state index contributed by atoms with van der Waals surface area (Å²) in [4.78, 5) is 18.4. The predicted molar refractivity (Wildman–Crippen MR) is 150 cm³/mol. The Hall–Kier alpha value is -4.08. The number of allylic oxidation sites excluding steroid dienone is 1. The summed E-state index contributed by atoms with van der Waals surface area (Å²) in [5.41, 5.74) is 5.93. The number of fused-ring (bicyclic) bond motifs is 4. The maximum absolute atomic E-state index is 15.3. The number of pyridine rings is 1. The molecular formula is C29H19Cl2FN6O2. The highest BCUT2D eigenvalue weighted by molar-refractivity contribution is 6.31. The molecule has 198 valence electrons. The molecule has 8 rings (SSSR count). The molecule has 0 bridgehead atoms. The standard InChI is InChI=1S/C29H19Cl2FN6O2/c1-13-17-3-4-18(27(32)29(17)40-35-13)15-6-22(33-11-15)28-21-10-20(21)24-7-14(8-26(39)38(24)28)19-9-16(30)2-5-23(19)37-12-25(31)34-36-37/h2-5,7-9,11-12,20-21,28H,6,10H2,1H3. The second-order valence-corrected chi connectivity index (χ2v) is 11.3. The van der Waals surface area contributed by atoms with E-state index in [0.717, 1.165) is 34.5 Å². The molecule has 2 aromatic carbocycles. The minimum atomic E-state index is -0.440. The van der Waals surface area contributed by atoms with Crippen LogP contribution in [-0.4, -0.2) is 30.4 Å². The second-order valence-electron chi connectivity index (χ2n) is 10.5. The lowest BCUT2D eigenvalue weighted by Gasteiger charge is -2.20. The number of aliphatic imine (C=N–C) groups is 1. The van der Waals surface area contributed by atoms with Crippen LogP contribution in [0, 0.1) is 18.7 Å². The van der Waals surface area contributed by atoms with Gasteiger partial charge in [-0.05, 0) is 60.7 Å². The Balaban J connectivity index is 1.14. The monoisotopic (exact) mass is 572 g/mol. The molecule has 8 nitrogen and oxygen atoms in total. The first kappa shape index (κ1) is 23.8. The van der Waals surface area contributed by atoms with Crippen LogP contribution in [0.5, 0.6) is 0 Å². The van der Waals surface area contributed by atoms with Crippen LogP contribution < -0.4 is 5.56 Å². The quantitative estimate of drug-likeness (QED) is 0.244. The van der Waals surface area contributed by atoms with Crippen molar-refractivity contribution in [1.82, 2.24) is 24.7 Å². The Kier molecular flexibility index (Phi) is 5.03. The van der Waals surface area contributed by atoms with Gasteiger partial charge in [-0.25, -0.2) is 9.07 Å². The van der Waals surface area contributed by atoms with Crippen LogP contribution >= 0.6 is 23.2 Å². The maximum atomic E-state index is 15.3. The summed E-state index contributed by atoms with van der Waals surface area (Å²) in [7, 11) is 0. The first-order chi connectivity index (χ1) is 19.4. The lowest BCUT2D eigenvalue weighted by atomic mass is 9.96. The van der Waals surface area contributed by atoms with Gasteiger partial charge in [-0.3, -0.25) is 9.79 Å². The summed E-state index contributed by atoms with van der Waals surface area (Å²) < 4.78 is 24.0. The molecular weight excluding hydrogens is 554 g/mol. The van der Waals surface area contributed by atoms with Crippen LogP contribution in [0.3, 0.4) is 0 Å². The van der Waals surface area contributed by atoms with Crippen molar-refractivity contribution in [3.05, 3.63) is 98.2 Å². The zero-order valence-electron chi connectivity index (χ0n) is 21.0. The molecule has 1 saturated carbocycles. The summed E-state index contributed by atoms with van der Waals surface area (Å²) in [6.07, 6.45) is 4.75. The van der Waals surface area contributed by atoms with E-state index in [2.05, 4.69) is 21.5 Å². The SMILES string of the molecule is Cc1noc2c(F)c(C3=CN=C(C4C5CC5c5cc(-c6cc(Cl)ccc6-n6cc(Cl)nn6)cc(=O)n54)C3)ccc12. The molecule has 0 amide bonds. The first-order valence-corrected chi connectivity index (χ1v) is 13.6. The van der Waals surface area contributed by atoms with Gasteiger partial charge in [0.1, 0.15) is 0 Å². The molecule has 3 aliphatic rings. The third kappa shape index (κ3) is 3.47. The van der Waals surface area contributed by atoms with Crippen molar-refractivity contribution in [2.24, 2.45) is 10.9 Å². The van der Waals surface area contributed by atoms with Gasteiger partial charge in [-0.15, -0.1) is 5.10 Å². The molecule has 1 fully saturated rings. The molecule has 1 aliphatic carbocycles. The fraction of sp³-hybridized carbons (Fsp3) is 0.207. The van der Waals surface area contributed by atoms with E-state index in [4.69, 9.17) is 32.7 Å². The molecule has 5 heterocycles. The van der Waals surface area contributed by atoms with E-state index in [-0.39, 0.29) is 34.2 Å². The zero-order valence-corrected chi connectivity index (χ0v) is 22.5. The zero-order chi connectivity index (χ0) is 27.3. The largest absolute Gasteiger partial charge is 0.353 e. The average molecular weight is 573 g/mol. The van der Waals surface area contributed by atoms with E-state index < -0.39 is 5.82 Å². The normalized spacial score (nSPS) is 20.9. The summed E-state index contributed by atoms with van der Waals surface area (Å²) in [6.45, 7) is 1.78. The number of hydrogen-bond donors (Lipinski definition) is 0. The number of nitrogens with zero attached hydrogens (tertiary/aromatic N) is 6. The van der Waals surface area contributed by atoms with Gasteiger partial charge in [0.2, 0.25) is 5.58 Å². The van der Waals surface area contributed by atoms with E-state index in [0.29, 0.717) is 33.8 Å². The summed E-state index contributed by atoms with van der Waals surface area (Å²) in [5, 5.41) is 13.3. The van der Waals surface area contributed by atoms with Crippen molar-refractivity contribution in [1.29, 1.82) is 0 Å². The molecule has 3 unspecified atom stereocenters. The van der Waals surface area contributed by atoms with Gasteiger partial charge in [0.05, 0.1) is 23.6 Å². The third-order valence-electron chi connectivity index (χ3n) is 8.19. The van der Waals surface area contributed by atoms with Gasteiger partial charge < -0.3 is 9.09 Å². The molecule has 2 aliphatic heterocycles. The van der Waals surface area contributed by atoms with E-state index in [1.165, 1.54) is 0 Å². The van der Waals surface area contributed by atoms with Gasteiger partial charge in [0.25, 0.3) is 5.56 Å². The Morgan fingerprint density at radius 3 is 2.80 bits per heavy atom. The molecule has 0 N–H and O–H groups in total. The Morgan fingerprint density at radius 1 is 1.10 bits per heavy atom. The van der Waals surface area contributed by atoms with Crippen molar-refractivity contribution < 1.29 is 8.91 Å². The minimum Gasteiger partial charge on any atom is -0.353 e. The molecule has 11 heteroatoms. The lowest BCUT2D eigenvalue weighted by Crippen LogP contribution is -2.29. The first-order valence-electron chi connectivity index (χ1n) is 12.8. The van der Waals surface area contributed by atoms with Crippen LogP contribution in [0.25, 0.3) is 33.4 Å². The Labute approximate surface area is 236 Å². The van der Waals surface area contributed by atoms with Gasteiger partial charge in [0, 0.05) is 57.5 Å². The van der Waals surface area contributed by atoms with Crippen molar-refractivity contribution in [2.75, 3.05) is 0 Å². The Bertz CT molecular complexity index is 2020. The van der Waals surface area contributed by atoms with Crippen molar-refractivity contribution in [2.45, 2.75) is 31.7 Å². The number of rotatable bonds is 4. The van der Waals surface area contributed by atoms with E-state index in [9.17, 15) is 4.79 Å². The topological polar surface area (TPSA) is 91.1 Å². The maximum Gasteiger partial charge on any atom is 0.251 e. The third-order valence-corrected chi connectivity index (χ3v) is 8.60. The fourth-order valence-corrected chi connectivity index (χ4v) is 6.56. The van der Waals surface area contributed by atoms with Crippen LogP contribution in [0.1, 0.15) is 41.8 Å². The summed E-state index contributed by atoms with van der Waals surface area (Å²) in [5.74, 6) is 0.106. The lowest BCUT2D eigenvalue weighted by molar-refractivity contribution is 0.435. The Morgan fingerprint density at radius 2 is 1.98 bits per heavy atom. The van der Waals surface area contributed by atoms with Crippen molar-refractivity contribution in [3.63, 3.8) is 0 Å². The smallest absolute Gasteiger partial charge is 0.251 e. The van der Waals surface area contributed by atoms with Crippen LogP contribution in [0.2, 0.25) is 10.2 Å². The average Bonchev–Trinajstić information content (AvgIpc) is 3.29. The number of halogens is 3. The highest BCUT2D eigenvalue weighted by Crippen LogP contribution is 2.60. The second kappa shape index (κ2) is 8.46. The predicted octanol–water partition coefficient (Wildman–Crippen LogP) is 6.54. The molecule has 0 radical (unpaired) electrons. The molecule has 40 heavy (non-hydrogen) atoms. The van der Waals surface area contributed by atoms with Crippen LogP contribution in [0.4, 0.5) is 4.39 Å². The molecule has 0 spiro atoms. The number of benzene rings is 2. The van der Waals surface area contributed by atoms with E-state index >= 15 is 4.39 Å². The molecule has 5 aromatic rings. The summed E-state index contributed by atoms with van der Waals surface area (Å²) in [6, 6.07) is 12.5. The van der Waals surface area contributed by atoms with E-state index in [1.54, 1.807) is 42.2 Å². The van der Waals surface area contributed by atoms with Crippen LogP contribution in [0.15, 0.2) is 69.2 Å². The molecule has 3 aromatic heterocycles. The highest BCUT2D eigenvalue weighted by Gasteiger charge is 2.54. The number of aryl methyl sites for hydroxylation is 1. The van der Waals surface area contributed by atoms with Crippen molar-refractivity contribution >= 4 is 45.5 Å². The van der Waals surface area contributed by atoms with Gasteiger partial charge >= 0.3 is 0 Å². The van der Waals surface area contributed by atoms with Gasteiger partial charge in [0.15, 0.2) is 11.0 Å². The summed E-state index contributed by atoms with van der Waals surface area (Å²) >= 11 is 12.4. The van der Waals surface area contributed by atoms with Gasteiger partial charge in [-0.2, -0.15) is 0 Å². The minimum absolute atomic E-state index is 0.117. The highest BCUT2D eigenvalue weighted by atomic mass is 35.5. The molecule has 3 atom stereocenters. The van der Waals surface area contributed by atoms with Gasteiger partial charge in [-0.1, -0.05) is 39.6 Å². The fourth-order valence-electron chi connectivity index (χ4n) is 6.27.